The van der Waals surface area contributed by atoms with Crippen LogP contribution >= 0.6 is 0 Å². The molecule has 0 amide bonds. The Kier molecular flexibility index (Phi) is 7.19. The zero-order valence-corrected chi connectivity index (χ0v) is 32.9. The second-order valence-corrected chi connectivity index (χ2v) is 16.1. The normalized spacial score (nSPS) is 13.0. The second kappa shape index (κ2) is 13.0. The number of benzene rings is 7. The average Bonchev–Trinajstić information content (AvgIpc) is 3.80. The van der Waals surface area contributed by atoms with Crippen molar-refractivity contribution in [3.05, 3.63) is 229 Å². The van der Waals surface area contributed by atoms with Crippen molar-refractivity contribution in [1.29, 1.82) is 0 Å². The Morgan fingerprint density at radius 2 is 0.918 bits per heavy atom. The van der Waals surface area contributed by atoms with Gasteiger partial charge >= 0.3 is 0 Å². The first-order valence-electron chi connectivity index (χ1n) is 20.8. The van der Waals surface area contributed by atoms with E-state index in [4.69, 9.17) is 19.9 Å². The van der Waals surface area contributed by atoms with E-state index in [1.54, 1.807) is 0 Å². The van der Waals surface area contributed by atoms with E-state index in [-0.39, 0.29) is 0 Å². The number of fused-ring (bicyclic) bond motifs is 14. The van der Waals surface area contributed by atoms with E-state index in [9.17, 15) is 0 Å². The molecule has 282 valence electrons. The highest BCUT2D eigenvalue weighted by molar-refractivity contribution is 6.05. The molecule has 2 aliphatic rings. The van der Waals surface area contributed by atoms with Gasteiger partial charge in [-0.3, -0.25) is 9.97 Å². The molecule has 2 aliphatic carbocycles. The van der Waals surface area contributed by atoms with Crippen LogP contribution in [0, 0.1) is 0 Å². The molecule has 0 atom stereocenters. The highest BCUT2D eigenvalue weighted by atomic mass is 14.8. The van der Waals surface area contributed by atoms with E-state index in [1.807, 2.05) is 36.7 Å². The van der Waals surface area contributed by atoms with Crippen molar-refractivity contribution in [3.8, 4) is 67.2 Å². The Bertz CT molecular complexity index is 3540. The molecule has 0 saturated heterocycles. The minimum Gasteiger partial charge on any atom is -0.256 e. The van der Waals surface area contributed by atoms with Gasteiger partial charge in [0.1, 0.15) is 0 Å². The summed E-state index contributed by atoms with van der Waals surface area (Å²) in [6.45, 7) is 0. The van der Waals surface area contributed by atoms with E-state index in [0.717, 1.165) is 77.6 Å². The summed E-state index contributed by atoms with van der Waals surface area (Å²) in [4.78, 5) is 20.6. The third-order valence-electron chi connectivity index (χ3n) is 12.9. The molecule has 0 unspecified atom stereocenters. The minimum atomic E-state index is -0.450. The van der Waals surface area contributed by atoms with E-state index in [1.165, 1.54) is 44.5 Å². The maximum absolute atomic E-state index is 5.50. The number of hydrogen-bond donors (Lipinski definition) is 0. The summed E-state index contributed by atoms with van der Waals surface area (Å²) < 4.78 is 0. The Morgan fingerprint density at radius 3 is 1.69 bits per heavy atom. The second-order valence-electron chi connectivity index (χ2n) is 16.1. The number of rotatable bonds is 4. The van der Waals surface area contributed by atoms with Crippen molar-refractivity contribution in [2.75, 3.05) is 0 Å². The summed E-state index contributed by atoms with van der Waals surface area (Å²) in [5.74, 6) is 0. The standard InChI is InChI=1S/C57H34N4/c1-2-12-35(13-3-1)51-28-26-37-23-24-39-30-41(34-59-55(39)56(37)61-51)40-32-52(60-53(33-40)46-19-10-14-36-15-11-29-58-54(36)46)38-25-27-45-44-18-6-9-22-49(44)57(50(45)31-38)47-20-7-4-16-42(47)43-17-5-8-21-48(43)57/h1-34H. The molecular formula is C57H34N4. The lowest BCUT2D eigenvalue weighted by molar-refractivity contribution is 0.794. The van der Waals surface area contributed by atoms with Crippen molar-refractivity contribution < 1.29 is 0 Å². The lowest BCUT2D eigenvalue weighted by atomic mass is 9.70. The van der Waals surface area contributed by atoms with Crippen molar-refractivity contribution >= 4 is 32.7 Å². The first-order chi connectivity index (χ1) is 30.2. The van der Waals surface area contributed by atoms with Crippen LogP contribution in [0.2, 0.25) is 0 Å². The quantitative estimate of drug-likeness (QED) is 0.167. The van der Waals surface area contributed by atoms with Crippen LogP contribution in [0.15, 0.2) is 207 Å². The first kappa shape index (κ1) is 33.8. The van der Waals surface area contributed by atoms with Crippen LogP contribution in [-0.4, -0.2) is 19.9 Å². The van der Waals surface area contributed by atoms with Gasteiger partial charge in [0.15, 0.2) is 0 Å². The van der Waals surface area contributed by atoms with Crippen LogP contribution < -0.4 is 0 Å². The molecule has 4 nitrogen and oxygen atoms in total. The van der Waals surface area contributed by atoms with E-state index >= 15 is 0 Å². The Balaban J connectivity index is 1.03. The summed E-state index contributed by atoms with van der Waals surface area (Å²) in [5, 5.41) is 3.17. The fraction of sp³-hybridized carbons (Fsp3) is 0.0175. The highest BCUT2D eigenvalue weighted by Gasteiger charge is 2.51. The number of pyridine rings is 4. The van der Waals surface area contributed by atoms with E-state index in [0.29, 0.717) is 0 Å². The van der Waals surface area contributed by atoms with Crippen LogP contribution in [0.5, 0.6) is 0 Å². The summed E-state index contributed by atoms with van der Waals surface area (Å²) in [5.41, 5.74) is 20.5. The van der Waals surface area contributed by atoms with Gasteiger partial charge in [-0.25, -0.2) is 9.97 Å². The van der Waals surface area contributed by atoms with Gasteiger partial charge in [-0.05, 0) is 86.5 Å². The number of hydrogen-bond acceptors (Lipinski definition) is 4. The molecular weight excluding hydrogens is 741 g/mol. The fourth-order valence-corrected chi connectivity index (χ4v) is 10.3. The molecule has 0 saturated carbocycles. The van der Waals surface area contributed by atoms with Gasteiger partial charge in [0, 0.05) is 50.8 Å². The molecule has 7 aromatic carbocycles. The largest absolute Gasteiger partial charge is 0.256 e. The van der Waals surface area contributed by atoms with Gasteiger partial charge in [-0.1, -0.05) is 158 Å². The van der Waals surface area contributed by atoms with Gasteiger partial charge in [-0.15, -0.1) is 0 Å². The molecule has 0 fully saturated rings. The van der Waals surface area contributed by atoms with Crippen LogP contribution in [0.25, 0.3) is 99.9 Å². The maximum atomic E-state index is 5.50. The molecule has 0 bridgehead atoms. The average molecular weight is 775 g/mol. The summed E-state index contributed by atoms with van der Waals surface area (Å²) >= 11 is 0. The minimum absolute atomic E-state index is 0.450. The van der Waals surface area contributed by atoms with Crippen molar-refractivity contribution in [2.24, 2.45) is 0 Å². The third-order valence-corrected chi connectivity index (χ3v) is 12.9. The molecule has 4 heterocycles. The number of nitrogens with zero attached hydrogens (tertiary/aromatic N) is 4. The summed E-state index contributed by atoms with van der Waals surface area (Å²) in [6, 6.07) is 69.8. The van der Waals surface area contributed by atoms with Crippen molar-refractivity contribution in [3.63, 3.8) is 0 Å². The van der Waals surface area contributed by atoms with Gasteiger partial charge in [0.2, 0.25) is 0 Å². The fourth-order valence-electron chi connectivity index (χ4n) is 10.3. The molecule has 13 rings (SSSR count). The number of para-hydroxylation sites is 1. The molecule has 1 spiro atoms. The van der Waals surface area contributed by atoms with Crippen LogP contribution in [0.1, 0.15) is 22.3 Å². The van der Waals surface area contributed by atoms with Crippen LogP contribution in [-0.2, 0) is 5.41 Å². The SMILES string of the molecule is c1ccc(-c2ccc3ccc4cc(-c5cc(-c6ccc7c(c6)C6(c8ccccc8-c8ccccc86)c6ccccc6-7)nc(-c6cccc7cccnc67)c5)cnc4c3n2)cc1. The van der Waals surface area contributed by atoms with Gasteiger partial charge < -0.3 is 0 Å². The molecule has 0 N–H and O–H groups in total. The Hall–Kier alpha value is -8.08. The van der Waals surface area contributed by atoms with E-state index < -0.39 is 5.41 Å². The van der Waals surface area contributed by atoms with Crippen molar-refractivity contribution in [1.82, 2.24) is 19.9 Å². The van der Waals surface area contributed by atoms with Gasteiger partial charge in [-0.2, -0.15) is 0 Å². The predicted octanol–water partition coefficient (Wildman–Crippen LogP) is 13.7. The van der Waals surface area contributed by atoms with Crippen LogP contribution in [0.4, 0.5) is 0 Å². The summed E-state index contributed by atoms with van der Waals surface area (Å²) in [7, 11) is 0. The first-order valence-corrected chi connectivity index (χ1v) is 20.8. The molecule has 0 radical (unpaired) electrons. The van der Waals surface area contributed by atoms with Crippen LogP contribution in [0.3, 0.4) is 0 Å². The number of aromatic nitrogens is 4. The Morgan fingerprint density at radius 1 is 0.295 bits per heavy atom. The summed E-state index contributed by atoms with van der Waals surface area (Å²) in [6.07, 6.45) is 3.85. The zero-order valence-electron chi connectivity index (χ0n) is 32.9. The molecule has 4 aromatic heterocycles. The predicted molar refractivity (Wildman–Crippen MR) is 248 cm³/mol. The molecule has 4 heteroatoms. The third kappa shape index (κ3) is 4.93. The Labute approximate surface area is 352 Å². The van der Waals surface area contributed by atoms with Gasteiger partial charge in [0.05, 0.1) is 39.0 Å². The smallest absolute Gasteiger partial charge is 0.0972 e. The molecule has 11 aromatic rings. The zero-order chi connectivity index (χ0) is 40.1. The monoisotopic (exact) mass is 774 g/mol. The van der Waals surface area contributed by atoms with E-state index in [2.05, 4.69) is 170 Å². The lowest BCUT2D eigenvalue weighted by Crippen LogP contribution is -2.25. The topological polar surface area (TPSA) is 51.6 Å². The highest BCUT2D eigenvalue weighted by Crippen LogP contribution is 2.63. The maximum Gasteiger partial charge on any atom is 0.0972 e. The molecule has 0 aliphatic heterocycles. The molecule has 61 heavy (non-hydrogen) atoms. The lowest BCUT2D eigenvalue weighted by Gasteiger charge is -2.30. The van der Waals surface area contributed by atoms with Crippen molar-refractivity contribution in [2.45, 2.75) is 5.41 Å². The van der Waals surface area contributed by atoms with Gasteiger partial charge in [0.25, 0.3) is 0 Å².